The van der Waals surface area contributed by atoms with E-state index in [1.807, 2.05) is 30.3 Å². The molecule has 0 radical (unpaired) electrons. The van der Waals surface area contributed by atoms with Crippen LogP contribution in [0.3, 0.4) is 0 Å². The van der Waals surface area contributed by atoms with Crippen molar-refractivity contribution in [3.05, 3.63) is 47.8 Å². The fraction of sp³-hybridized carbons (Fsp3) is 0.250. The van der Waals surface area contributed by atoms with Crippen LogP contribution in [0.4, 0.5) is 5.69 Å². The second kappa shape index (κ2) is 6.08. The second-order valence-electron chi connectivity index (χ2n) is 6.66. The van der Waals surface area contributed by atoms with Crippen LogP contribution >= 0.6 is 11.3 Å². The Morgan fingerprint density at radius 2 is 2.04 bits per heavy atom. The monoisotopic (exact) mass is 352 g/mol. The zero-order valence-electron chi connectivity index (χ0n) is 14.5. The summed E-state index contributed by atoms with van der Waals surface area (Å²) in [5.41, 5.74) is 3.85. The zero-order chi connectivity index (χ0) is 17.4. The first-order chi connectivity index (χ1) is 12.1. The summed E-state index contributed by atoms with van der Waals surface area (Å²) in [7, 11) is 1.68. The molecule has 0 bridgehead atoms. The lowest BCUT2D eigenvalue weighted by Crippen LogP contribution is -2.39. The molecule has 2 heterocycles. The third-order valence-corrected chi connectivity index (χ3v) is 5.10. The van der Waals surface area contributed by atoms with Crippen molar-refractivity contribution in [2.24, 2.45) is 0 Å². The minimum atomic E-state index is -0.188. The lowest BCUT2D eigenvalue weighted by molar-refractivity contribution is 0.116. The summed E-state index contributed by atoms with van der Waals surface area (Å²) in [5.74, 6) is 1.73. The van der Waals surface area contributed by atoms with Gasteiger partial charge in [-0.25, -0.2) is 4.98 Å². The molecule has 0 atom stereocenters. The molecule has 0 saturated carbocycles. The van der Waals surface area contributed by atoms with Gasteiger partial charge in [-0.3, -0.25) is 0 Å². The quantitative estimate of drug-likeness (QED) is 0.715. The molecule has 4 nitrogen and oxygen atoms in total. The lowest BCUT2D eigenvalue weighted by atomic mass is 10.1. The topological polar surface area (TPSA) is 43.4 Å². The highest BCUT2D eigenvalue weighted by molar-refractivity contribution is 7.13. The Balaban J connectivity index is 1.67. The molecule has 1 aromatic heterocycles. The normalized spacial score (nSPS) is 15.0. The van der Waals surface area contributed by atoms with Gasteiger partial charge < -0.3 is 14.8 Å². The largest absolute Gasteiger partial charge is 0.496 e. The van der Waals surface area contributed by atoms with E-state index in [1.165, 1.54) is 0 Å². The molecule has 0 unspecified atom stereocenters. The van der Waals surface area contributed by atoms with Gasteiger partial charge in [0.25, 0.3) is 0 Å². The Kier molecular flexibility index (Phi) is 3.88. The van der Waals surface area contributed by atoms with Crippen molar-refractivity contribution in [1.82, 2.24) is 4.98 Å². The summed E-state index contributed by atoms with van der Waals surface area (Å²) >= 11 is 1.63. The first kappa shape index (κ1) is 16.0. The first-order valence-electron chi connectivity index (χ1n) is 8.22. The standard InChI is InChI=1S/C20H20N2O2S/c1-20(2)12-21-15-10-13(8-9-18(15)24-20)19-22-16(11-25-19)14-6-4-5-7-17(14)23-3/h4-11,21H,12H2,1-3H3. The van der Waals surface area contributed by atoms with Crippen molar-refractivity contribution < 1.29 is 9.47 Å². The van der Waals surface area contributed by atoms with Crippen molar-refractivity contribution in [3.8, 4) is 33.3 Å². The first-order valence-corrected chi connectivity index (χ1v) is 9.10. The van der Waals surface area contributed by atoms with Crippen LogP contribution in [0, 0.1) is 0 Å². The van der Waals surface area contributed by atoms with E-state index in [9.17, 15) is 0 Å². The zero-order valence-corrected chi connectivity index (χ0v) is 15.3. The number of aromatic nitrogens is 1. The second-order valence-corrected chi connectivity index (χ2v) is 7.52. The van der Waals surface area contributed by atoms with Gasteiger partial charge in [0.2, 0.25) is 0 Å². The maximum Gasteiger partial charge on any atom is 0.143 e. The van der Waals surface area contributed by atoms with Crippen LogP contribution in [-0.2, 0) is 0 Å². The highest BCUT2D eigenvalue weighted by Gasteiger charge is 2.26. The molecule has 5 heteroatoms. The number of benzene rings is 2. The molecule has 0 aliphatic carbocycles. The van der Waals surface area contributed by atoms with Crippen molar-refractivity contribution in [2.75, 3.05) is 19.0 Å². The molecule has 1 aliphatic rings. The van der Waals surface area contributed by atoms with E-state index in [0.717, 1.165) is 45.6 Å². The number of para-hydroxylation sites is 1. The summed E-state index contributed by atoms with van der Waals surface area (Å²) < 4.78 is 11.5. The number of ether oxygens (including phenoxy) is 2. The Labute approximate surface area is 151 Å². The fourth-order valence-corrected chi connectivity index (χ4v) is 3.74. The molecule has 2 aromatic carbocycles. The number of methoxy groups -OCH3 is 1. The van der Waals surface area contributed by atoms with Gasteiger partial charge >= 0.3 is 0 Å². The van der Waals surface area contributed by atoms with Crippen LogP contribution in [0.2, 0.25) is 0 Å². The number of fused-ring (bicyclic) bond motifs is 1. The summed E-state index contributed by atoms with van der Waals surface area (Å²) in [6.07, 6.45) is 0. The Morgan fingerprint density at radius 1 is 1.20 bits per heavy atom. The number of hydrogen-bond acceptors (Lipinski definition) is 5. The van der Waals surface area contributed by atoms with Crippen LogP contribution in [0.15, 0.2) is 47.8 Å². The average Bonchev–Trinajstić information content (AvgIpc) is 3.10. The molecule has 0 saturated heterocycles. The van der Waals surface area contributed by atoms with E-state index in [-0.39, 0.29) is 5.60 Å². The maximum absolute atomic E-state index is 6.02. The molecule has 3 aromatic rings. The number of nitrogens with zero attached hydrogens (tertiary/aromatic N) is 1. The minimum absolute atomic E-state index is 0.188. The van der Waals surface area contributed by atoms with E-state index in [2.05, 4.69) is 36.7 Å². The van der Waals surface area contributed by atoms with Crippen LogP contribution in [0.25, 0.3) is 21.8 Å². The SMILES string of the molecule is COc1ccccc1-c1csc(-c2ccc3c(c2)NCC(C)(C)O3)n1. The van der Waals surface area contributed by atoms with Crippen molar-refractivity contribution >= 4 is 17.0 Å². The van der Waals surface area contributed by atoms with E-state index >= 15 is 0 Å². The highest BCUT2D eigenvalue weighted by Crippen LogP contribution is 2.38. The molecule has 0 amide bonds. The lowest BCUT2D eigenvalue weighted by Gasteiger charge is -2.33. The third-order valence-electron chi connectivity index (χ3n) is 4.20. The van der Waals surface area contributed by atoms with Crippen molar-refractivity contribution in [2.45, 2.75) is 19.4 Å². The van der Waals surface area contributed by atoms with Crippen molar-refractivity contribution in [1.29, 1.82) is 0 Å². The number of thiazole rings is 1. The van der Waals surface area contributed by atoms with Gasteiger partial charge in [0.05, 0.1) is 25.0 Å². The Bertz CT molecular complexity index is 918. The van der Waals surface area contributed by atoms with E-state index in [4.69, 9.17) is 14.5 Å². The van der Waals surface area contributed by atoms with Gasteiger partial charge in [-0.15, -0.1) is 11.3 Å². The summed E-state index contributed by atoms with van der Waals surface area (Å²) in [4.78, 5) is 4.81. The highest BCUT2D eigenvalue weighted by atomic mass is 32.1. The average molecular weight is 352 g/mol. The van der Waals surface area contributed by atoms with Gasteiger partial charge in [-0.1, -0.05) is 12.1 Å². The van der Waals surface area contributed by atoms with E-state index in [1.54, 1.807) is 18.4 Å². The summed E-state index contributed by atoms with van der Waals surface area (Å²) in [6, 6.07) is 14.1. The molecule has 25 heavy (non-hydrogen) atoms. The molecule has 0 fully saturated rings. The Morgan fingerprint density at radius 3 is 2.88 bits per heavy atom. The molecular formula is C20H20N2O2S. The number of nitrogens with one attached hydrogen (secondary N) is 1. The molecule has 1 aliphatic heterocycles. The molecule has 4 rings (SSSR count). The molecule has 1 N–H and O–H groups in total. The van der Waals surface area contributed by atoms with Crippen molar-refractivity contribution in [3.63, 3.8) is 0 Å². The van der Waals surface area contributed by atoms with Crippen LogP contribution in [-0.4, -0.2) is 24.2 Å². The molecule has 0 spiro atoms. The maximum atomic E-state index is 6.02. The van der Waals surface area contributed by atoms with E-state index < -0.39 is 0 Å². The van der Waals surface area contributed by atoms with Gasteiger partial charge in [0.1, 0.15) is 22.1 Å². The van der Waals surface area contributed by atoms with Gasteiger partial charge in [0.15, 0.2) is 0 Å². The fourth-order valence-electron chi connectivity index (χ4n) is 2.92. The van der Waals surface area contributed by atoms with Gasteiger partial charge in [-0.05, 0) is 44.2 Å². The van der Waals surface area contributed by atoms with Gasteiger partial charge in [-0.2, -0.15) is 0 Å². The predicted molar refractivity (Wildman–Crippen MR) is 103 cm³/mol. The molecule has 128 valence electrons. The van der Waals surface area contributed by atoms with Crippen LogP contribution in [0.1, 0.15) is 13.8 Å². The number of anilines is 1. The minimum Gasteiger partial charge on any atom is -0.496 e. The summed E-state index contributed by atoms with van der Waals surface area (Å²) in [6.45, 7) is 4.95. The van der Waals surface area contributed by atoms with E-state index in [0.29, 0.717) is 0 Å². The van der Waals surface area contributed by atoms with Crippen LogP contribution in [0.5, 0.6) is 11.5 Å². The number of rotatable bonds is 3. The third kappa shape index (κ3) is 3.07. The Hall–Kier alpha value is -2.53. The number of hydrogen-bond donors (Lipinski definition) is 1. The van der Waals surface area contributed by atoms with Crippen LogP contribution < -0.4 is 14.8 Å². The molecular weight excluding hydrogens is 332 g/mol. The predicted octanol–water partition coefficient (Wildman–Crippen LogP) is 5.07. The van der Waals surface area contributed by atoms with Gasteiger partial charge in [0, 0.05) is 16.5 Å². The summed E-state index contributed by atoms with van der Waals surface area (Å²) in [5, 5.41) is 6.50. The smallest absolute Gasteiger partial charge is 0.143 e.